The van der Waals surface area contributed by atoms with E-state index < -0.39 is 51.9 Å². The Hall–Kier alpha value is -2.31. The molecule has 208 valence electrons. The molecule has 1 aliphatic carbocycles. The summed E-state index contributed by atoms with van der Waals surface area (Å²) >= 11 is 9.46. The zero-order valence-corrected chi connectivity index (χ0v) is 23.9. The minimum absolute atomic E-state index is 0.01000. The highest BCUT2D eigenvalue weighted by atomic mass is 79.9. The number of amides is 2. The van der Waals surface area contributed by atoms with Gasteiger partial charge in [-0.3, -0.25) is 13.9 Å². The summed E-state index contributed by atoms with van der Waals surface area (Å²) in [6, 6.07) is 8.27. The van der Waals surface area contributed by atoms with Crippen molar-refractivity contribution in [2.75, 3.05) is 17.1 Å². The number of anilines is 1. The molecule has 13 heteroatoms. The number of benzene rings is 2. The van der Waals surface area contributed by atoms with Crippen molar-refractivity contribution in [3.63, 3.8) is 0 Å². The van der Waals surface area contributed by atoms with Gasteiger partial charge < -0.3 is 10.2 Å². The van der Waals surface area contributed by atoms with Crippen molar-refractivity contribution in [2.45, 2.75) is 57.4 Å². The molecule has 0 aromatic heterocycles. The third-order valence-electron chi connectivity index (χ3n) is 6.33. The highest BCUT2D eigenvalue weighted by Crippen LogP contribution is 2.36. The Morgan fingerprint density at radius 2 is 1.82 bits per heavy atom. The first-order valence-electron chi connectivity index (χ1n) is 11.9. The number of sulfonamides is 1. The van der Waals surface area contributed by atoms with Crippen LogP contribution in [0.3, 0.4) is 0 Å². The maximum atomic E-state index is 13.6. The molecule has 7 nitrogen and oxygen atoms in total. The summed E-state index contributed by atoms with van der Waals surface area (Å²) in [5.74, 6) is -1.18. The minimum atomic E-state index is -4.76. The number of hydrogen-bond donors (Lipinski definition) is 1. The molecule has 2 amide bonds. The van der Waals surface area contributed by atoms with Gasteiger partial charge in [-0.05, 0) is 55.7 Å². The van der Waals surface area contributed by atoms with Crippen LogP contribution in [0.5, 0.6) is 0 Å². The molecular weight excluding hydrogens is 611 g/mol. The van der Waals surface area contributed by atoms with Crippen LogP contribution in [0.2, 0.25) is 5.02 Å². The number of carbonyl (C=O) groups excluding carboxylic acids is 2. The summed E-state index contributed by atoms with van der Waals surface area (Å²) < 4.78 is 66.7. The molecule has 38 heavy (non-hydrogen) atoms. The van der Waals surface area contributed by atoms with Gasteiger partial charge in [0.25, 0.3) is 0 Å². The molecule has 0 bridgehead atoms. The summed E-state index contributed by atoms with van der Waals surface area (Å²) in [5, 5.41) is 2.66. The lowest BCUT2D eigenvalue weighted by Crippen LogP contribution is -2.52. The van der Waals surface area contributed by atoms with Crippen LogP contribution in [0.25, 0.3) is 0 Å². The number of rotatable bonds is 9. The molecule has 0 radical (unpaired) electrons. The highest BCUT2D eigenvalue weighted by Gasteiger charge is 2.35. The maximum Gasteiger partial charge on any atom is 0.416 e. The Labute approximate surface area is 233 Å². The van der Waals surface area contributed by atoms with Gasteiger partial charge in [0.2, 0.25) is 21.8 Å². The summed E-state index contributed by atoms with van der Waals surface area (Å²) in [5.41, 5.74) is -0.938. The molecule has 2 aromatic rings. The summed E-state index contributed by atoms with van der Waals surface area (Å²) in [6.07, 6.45) is -0.359. The van der Waals surface area contributed by atoms with Gasteiger partial charge in [-0.2, -0.15) is 13.2 Å². The van der Waals surface area contributed by atoms with E-state index in [2.05, 4.69) is 21.2 Å². The number of carbonyl (C=O) groups is 2. The molecular formula is C25H28BrClF3N3O4S. The molecule has 0 unspecified atom stereocenters. The predicted molar refractivity (Wildman–Crippen MR) is 143 cm³/mol. The standard InChI is InChI=1S/C25H28BrClF3N3O4S/c1-16(24(35)31-20-8-3-4-9-20)32(14-17-6-5-7-19(26)12-17)23(34)15-33(38(2,36)37)22-13-18(25(28,29)30)10-11-21(22)27/h5-7,10-13,16,20H,3-4,8-9,14-15H2,1-2H3,(H,31,35)/t16-/m1/s1. The largest absolute Gasteiger partial charge is 0.416 e. The maximum absolute atomic E-state index is 13.6. The van der Waals surface area contributed by atoms with Crippen LogP contribution in [0.4, 0.5) is 18.9 Å². The minimum Gasteiger partial charge on any atom is -0.352 e. The van der Waals surface area contributed by atoms with Crippen LogP contribution in [-0.4, -0.2) is 50.0 Å². The molecule has 3 rings (SSSR count). The van der Waals surface area contributed by atoms with Gasteiger partial charge in [-0.15, -0.1) is 0 Å². The second-order valence-corrected chi connectivity index (χ2v) is 12.5. The Balaban J connectivity index is 1.96. The van der Waals surface area contributed by atoms with Gasteiger partial charge in [-0.1, -0.05) is 52.5 Å². The first-order valence-corrected chi connectivity index (χ1v) is 14.9. The molecule has 0 saturated heterocycles. The normalized spacial score (nSPS) is 15.2. The summed E-state index contributed by atoms with van der Waals surface area (Å²) in [4.78, 5) is 27.9. The Bertz CT molecular complexity index is 1290. The van der Waals surface area contributed by atoms with Crippen molar-refractivity contribution in [2.24, 2.45) is 0 Å². The van der Waals surface area contributed by atoms with Gasteiger partial charge in [0.15, 0.2) is 0 Å². The fraction of sp³-hybridized carbons (Fsp3) is 0.440. The molecule has 2 aromatic carbocycles. The molecule has 1 aliphatic rings. The van der Waals surface area contributed by atoms with E-state index in [4.69, 9.17) is 11.6 Å². The topological polar surface area (TPSA) is 86.8 Å². The molecule has 1 fully saturated rings. The molecule has 1 atom stereocenters. The SMILES string of the molecule is C[C@H](C(=O)NC1CCCC1)N(Cc1cccc(Br)c1)C(=O)CN(c1cc(C(F)(F)F)ccc1Cl)S(C)(=O)=O. The third kappa shape index (κ3) is 7.86. The Kier molecular flexibility index (Phi) is 9.75. The first-order chi connectivity index (χ1) is 17.7. The van der Waals surface area contributed by atoms with Crippen molar-refractivity contribution >= 4 is 55.1 Å². The number of halogens is 5. The van der Waals surface area contributed by atoms with Gasteiger partial charge in [0.05, 0.1) is 22.5 Å². The number of hydrogen-bond acceptors (Lipinski definition) is 4. The average Bonchev–Trinajstić information content (AvgIpc) is 3.32. The molecule has 1 saturated carbocycles. The van der Waals surface area contributed by atoms with Crippen LogP contribution >= 0.6 is 27.5 Å². The smallest absolute Gasteiger partial charge is 0.352 e. The third-order valence-corrected chi connectivity index (χ3v) is 8.27. The number of nitrogens with one attached hydrogen (secondary N) is 1. The van der Waals surface area contributed by atoms with Gasteiger partial charge in [0, 0.05) is 17.1 Å². The van der Waals surface area contributed by atoms with E-state index in [1.165, 1.54) is 11.8 Å². The van der Waals surface area contributed by atoms with Crippen molar-refractivity contribution in [1.29, 1.82) is 0 Å². The Morgan fingerprint density at radius 1 is 1.16 bits per heavy atom. The second kappa shape index (κ2) is 12.3. The molecule has 1 N–H and O–H groups in total. The van der Waals surface area contributed by atoms with Crippen LogP contribution in [0, 0.1) is 0 Å². The van der Waals surface area contributed by atoms with E-state index in [1.54, 1.807) is 24.3 Å². The van der Waals surface area contributed by atoms with Gasteiger partial charge in [0.1, 0.15) is 12.6 Å². The highest BCUT2D eigenvalue weighted by molar-refractivity contribution is 9.10. The van der Waals surface area contributed by atoms with E-state index >= 15 is 0 Å². The van der Waals surface area contributed by atoms with Crippen LogP contribution in [-0.2, 0) is 32.3 Å². The fourth-order valence-corrected chi connectivity index (χ4v) is 5.85. The predicted octanol–water partition coefficient (Wildman–Crippen LogP) is 5.36. The van der Waals surface area contributed by atoms with E-state index in [0.717, 1.165) is 48.5 Å². The van der Waals surface area contributed by atoms with Crippen molar-refractivity contribution in [3.8, 4) is 0 Å². The van der Waals surface area contributed by atoms with E-state index in [9.17, 15) is 31.2 Å². The fourth-order valence-electron chi connectivity index (χ4n) is 4.28. The van der Waals surface area contributed by atoms with Crippen LogP contribution in [0.15, 0.2) is 46.9 Å². The van der Waals surface area contributed by atoms with Crippen LogP contribution < -0.4 is 9.62 Å². The van der Waals surface area contributed by atoms with E-state index in [0.29, 0.717) is 15.9 Å². The number of alkyl halides is 3. The quantitative estimate of drug-likeness (QED) is 0.401. The zero-order chi connectivity index (χ0) is 28.3. The molecule has 0 spiro atoms. The van der Waals surface area contributed by atoms with Crippen molar-refractivity contribution in [3.05, 3.63) is 63.1 Å². The van der Waals surface area contributed by atoms with Gasteiger partial charge >= 0.3 is 6.18 Å². The summed E-state index contributed by atoms with van der Waals surface area (Å²) in [6.45, 7) is 0.641. The van der Waals surface area contributed by atoms with Crippen LogP contribution in [0.1, 0.15) is 43.7 Å². The summed E-state index contributed by atoms with van der Waals surface area (Å²) in [7, 11) is -4.25. The van der Waals surface area contributed by atoms with E-state index in [1.807, 2.05) is 0 Å². The molecule has 0 heterocycles. The lowest BCUT2D eigenvalue weighted by atomic mass is 10.1. The van der Waals surface area contributed by atoms with Gasteiger partial charge in [-0.25, -0.2) is 8.42 Å². The van der Waals surface area contributed by atoms with E-state index in [-0.39, 0.29) is 17.6 Å². The number of nitrogens with zero attached hydrogens (tertiary/aromatic N) is 2. The molecule has 0 aliphatic heterocycles. The first kappa shape index (κ1) is 30.2. The second-order valence-electron chi connectivity index (χ2n) is 9.25. The lowest BCUT2D eigenvalue weighted by Gasteiger charge is -2.32. The average molecular weight is 639 g/mol. The zero-order valence-electron chi connectivity index (χ0n) is 20.8. The van der Waals surface area contributed by atoms with Crippen molar-refractivity contribution < 1.29 is 31.2 Å². The monoisotopic (exact) mass is 637 g/mol. The Morgan fingerprint density at radius 3 is 2.39 bits per heavy atom. The lowest BCUT2D eigenvalue weighted by molar-refractivity contribution is -0.139. The van der Waals surface area contributed by atoms with Crippen molar-refractivity contribution in [1.82, 2.24) is 10.2 Å².